The molecule has 1 N–H and O–H groups in total. The van der Waals surface area contributed by atoms with Crippen molar-refractivity contribution in [3.8, 4) is 0 Å². The maximum Gasteiger partial charge on any atom is 0.229 e. The highest BCUT2D eigenvalue weighted by molar-refractivity contribution is 4.91. The minimum absolute atomic E-state index is 0.206. The molecule has 0 saturated carbocycles. The van der Waals surface area contributed by atoms with Crippen LogP contribution in [-0.4, -0.2) is 42.2 Å². The van der Waals surface area contributed by atoms with Crippen molar-refractivity contribution in [3.05, 3.63) is 11.7 Å². The van der Waals surface area contributed by atoms with Gasteiger partial charge in [-0.1, -0.05) is 5.16 Å². The summed E-state index contributed by atoms with van der Waals surface area (Å²) in [7, 11) is 3.09. The maximum atomic E-state index is 9.42. The number of nitrogens with zero attached hydrogens (tertiary/aromatic N) is 2. The van der Waals surface area contributed by atoms with Gasteiger partial charge in [-0.15, -0.1) is 0 Å². The van der Waals surface area contributed by atoms with Gasteiger partial charge >= 0.3 is 0 Å². The van der Waals surface area contributed by atoms with Gasteiger partial charge in [0.15, 0.2) is 5.82 Å². The Morgan fingerprint density at radius 1 is 1.47 bits per heavy atom. The lowest BCUT2D eigenvalue weighted by atomic mass is 10.2. The third-order valence-corrected chi connectivity index (χ3v) is 1.97. The fraction of sp³-hybridized carbons (Fsp3) is 0.778. The number of aliphatic hydroxyl groups excluding tert-OH is 1. The van der Waals surface area contributed by atoms with Crippen LogP contribution in [0.25, 0.3) is 0 Å². The molecule has 2 atom stereocenters. The zero-order valence-electron chi connectivity index (χ0n) is 9.14. The van der Waals surface area contributed by atoms with E-state index >= 15 is 0 Å². The van der Waals surface area contributed by atoms with E-state index in [0.29, 0.717) is 11.7 Å². The van der Waals surface area contributed by atoms with Crippen molar-refractivity contribution >= 4 is 0 Å². The van der Waals surface area contributed by atoms with Crippen LogP contribution in [0, 0.1) is 0 Å². The molecule has 86 valence electrons. The maximum absolute atomic E-state index is 9.42. The largest absolute Gasteiger partial charge is 0.390 e. The Bertz CT molecular complexity index is 289. The highest BCUT2D eigenvalue weighted by Crippen LogP contribution is 2.12. The van der Waals surface area contributed by atoms with Crippen LogP contribution in [-0.2, 0) is 15.9 Å². The molecule has 0 radical (unpaired) electrons. The highest BCUT2D eigenvalue weighted by Gasteiger charge is 2.15. The van der Waals surface area contributed by atoms with E-state index in [-0.39, 0.29) is 19.1 Å². The van der Waals surface area contributed by atoms with E-state index < -0.39 is 6.10 Å². The second kappa shape index (κ2) is 5.79. The summed E-state index contributed by atoms with van der Waals surface area (Å²) in [6, 6.07) is 0. The zero-order valence-corrected chi connectivity index (χ0v) is 9.14. The number of hydrogen-bond donors (Lipinski definition) is 1. The summed E-state index contributed by atoms with van der Waals surface area (Å²) >= 11 is 0. The first kappa shape index (κ1) is 12.1. The summed E-state index contributed by atoms with van der Waals surface area (Å²) in [6.45, 7) is 2.07. The smallest absolute Gasteiger partial charge is 0.229 e. The first-order valence-electron chi connectivity index (χ1n) is 4.69. The van der Waals surface area contributed by atoms with Crippen LogP contribution in [0.5, 0.6) is 0 Å². The molecule has 0 amide bonds. The van der Waals surface area contributed by atoms with Crippen LogP contribution in [0.4, 0.5) is 0 Å². The third-order valence-electron chi connectivity index (χ3n) is 1.97. The van der Waals surface area contributed by atoms with Crippen molar-refractivity contribution in [2.45, 2.75) is 25.6 Å². The van der Waals surface area contributed by atoms with Gasteiger partial charge in [0.2, 0.25) is 5.89 Å². The molecule has 0 bridgehead atoms. The lowest BCUT2D eigenvalue weighted by molar-refractivity contribution is 0.0599. The normalized spacial score (nSPS) is 15.2. The second-order valence-corrected chi connectivity index (χ2v) is 3.24. The summed E-state index contributed by atoms with van der Waals surface area (Å²) < 4.78 is 14.8. The van der Waals surface area contributed by atoms with Crippen molar-refractivity contribution in [1.29, 1.82) is 0 Å². The molecule has 0 fully saturated rings. The van der Waals surface area contributed by atoms with E-state index in [0.717, 1.165) is 0 Å². The molecule has 0 aliphatic carbocycles. The number of rotatable bonds is 6. The van der Waals surface area contributed by atoms with Gasteiger partial charge < -0.3 is 19.1 Å². The van der Waals surface area contributed by atoms with Gasteiger partial charge in [-0.25, -0.2) is 0 Å². The van der Waals surface area contributed by atoms with Gasteiger partial charge in [0.05, 0.1) is 19.1 Å². The van der Waals surface area contributed by atoms with Crippen LogP contribution in [0.15, 0.2) is 4.52 Å². The summed E-state index contributed by atoms with van der Waals surface area (Å²) in [4.78, 5) is 4.08. The van der Waals surface area contributed by atoms with E-state index in [1.54, 1.807) is 7.11 Å². The Hall–Kier alpha value is -0.980. The molecule has 6 heteroatoms. The molecule has 6 nitrogen and oxygen atoms in total. The van der Waals surface area contributed by atoms with Gasteiger partial charge in [-0.3, -0.25) is 0 Å². The van der Waals surface area contributed by atoms with Crippen LogP contribution in [0.1, 0.15) is 24.7 Å². The molecular formula is C9H16N2O4. The van der Waals surface area contributed by atoms with Crippen LogP contribution in [0.2, 0.25) is 0 Å². The van der Waals surface area contributed by atoms with Gasteiger partial charge in [0.1, 0.15) is 6.10 Å². The minimum atomic E-state index is -0.624. The summed E-state index contributed by atoms with van der Waals surface area (Å²) in [6.07, 6.45) is -0.541. The summed E-state index contributed by atoms with van der Waals surface area (Å²) in [5.41, 5.74) is 0. The predicted octanol–water partition coefficient (Wildman–Crippen LogP) is 0.327. The molecule has 0 aromatic carbocycles. The molecule has 1 aromatic rings. The molecular weight excluding hydrogens is 200 g/mol. The second-order valence-electron chi connectivity index (χ2n) is 3.24. The standard InChI is InChI=1S/C9H16N2O4/c1-6(14-3)9-10-8(15-11-9)4-7(12)5-13-2/h6-7,12H,4-5H2,1-3H3. The van der Waals surface area contributed by atoms with Crippen LogP contribution < -0.4 is 0 Å². The number of hydrogen-bond acceptors (Lipinski definition) is 6. The Kier molecular flexibility index (Phi) is 4.67. The van der Waals surface area contributed by atoms with Crippen molar-refractivity contribution in [1.82, 2.24) is 10.1 Å². The predicted molar refractivity (Wildman–Crippen MR) is 51.3 cm³/mol. The number of aliphatic hydroxyl groups is 1. The van der Waals surface area contributed by atoms with E-state index in [1.165, 1.54) is 7.11 Å². The molecule has 2 unspecified atom stereocenters. The van der Waals surface area contributed by atoms with Gasteiger partial charge in [0.25, 0.3) is 0 Å². The molecule has 15 heavy (non-hydrogen) atoms. The van der Waals surface area contributed by atoms with Crippen molar-refractivity contribution in [2.24, 2.45) is 0 Å². The average molecular weight is 216 g/mol. The quantitative estimate of drug-likeness (QED) is 0.738. The Balaban J connectivity index is 2.52. The topological polar surface area (TPSA) is 77.6 Å². The minimum Gasteiger partial charge on any atom is -0.390 e. The third kappa shape index (κ3) is 3.58. The fourth-order valence-corrected chi connectivity index (χ4v) is 1.07. The lowest BCUT2D eigenvalue weighted by Gasteiger charge is -2.04. The van der Waals surface area contributed by atoms with Gasteiger partial charge in [-0.2, -0.15) is 4.98 Å². The monoisotopic (exact) mass is 216 g/mol. The first-order chi connectivity index (χ1) is 7.17. The number of methoxy groups -OCH3 is 2. The molecule has 0 spiro atoms. The molecule has 0 aliphatic rings. The molecule has 1 aromatic heterocycles. The van der Waals surface area contributed by atoms with Crippen LogP contribution in [0.3, 0.4) is 0 Å². The molecule has 0 saturated heterocycles. The van der Waals surface area contributed by atoms with E-state index in [1.807, 2.05) is 6.92 Å². The first-order valence-corrected chi connectivity index (χ1v) is 4.69. The Morgan fingerprint density at radius 3 is 2.80 bits per heavy atom. The Labute approximate surface area is 88.2 Å². The number of aromatic nitrogens is 2. The highest BCUT2D eigenvalue weighted by atomic mass is 16.5. The zero-order chi connectivity index (χ0) is 11.3. The SMILES string of the molecule is COCC(O)Cc1nc(C(C)OC)no1. The van der Waals surface area contributed by atoms with Gasteiger partial charge in [-0.05, 0) is 6.92 Å². The average Bonchev–Trinajstić information content (AvgIpc) is 2.65. The Morgan fingerprint density at radius 2 is 2.20 bits per heavy atom. The molecule has 1 heterocycles. The van der Waals surface area contributed by atoms with E-state index in [9.17, 15) is 5.11 Å². The van der Waals surface area contributed by atoms with Crippen molar-refractivity contribution in [2.75, 3.05) is 20.8 Å². The molecule has 0 aliphatic heterocycles. The van der Waals surface area contributed by atoms with Crippen LogP contribution >= 0.6 is 0 Å². The number of ether oxygens (including phenoxy) is 2. The summed E-state index contributed by atoms with van der Waals surface area (Å²) in [5.74, 6) is 0.871. The fourth-order valence-electron chi connectivity index (χ4n) is 1.07. The summed E-state index contributed by atoms with van der Waals surface area (Å²) in [5, 5.41) is 13.2. The molecule has 1 rings (SSSR count). The van der Waals surface area contributed by atoms with Crippen molar-refractivity contribution < 1.29 is 19.1 Å². The van der Waals surface area contributed by atoms with Gasteiger partial charge in [0, 0.05) is 14.2 Å². The van der Waals surface area contributed by atoms with E-state index in [4.69, 9.17) is 14.0 Å². The van der Waals surface area contributed by atoms with Crippen molar-refractivity contribution in [3.63, 3.8) is 0 Å². The van der Waals surface area contributed by atoms with E-state index in [2.05, 4.69) is 10.1 Å². The lowest BCUT2D eigenvalue weighted by Crippen LogP contribution is -2.17.